The Morgan fingerprint density at radius 1 is 1.35 bits per heavy atom. The third-order valence-corrected chi connectivity index (χ3v) is 4.31. The fraction of sp³-hybridized carbons (Fsp3) is 0.333. The number of hydrogen-bond donors (Lipinski definition) is 1. The molecular weight excluding hydrogens is 337 g/mol. The van der Waals surface area contributed by atoms with Gasteiger partial charge in [0.25, 0.3) is 5.56 Å². The summed E-state index contributed by atoms with van der Waals surface area (Å²) >= 11 is 0. The van der Waals surface area contributed by atoms with E-state index in [9.17, 15) is 14.0 Å². The quantitative estimate of drug-likeness (QED) is 0.771. The van der Waals surface area contributed by atoms with E-state index in [1.165, 1.54) is 12.3 Å². The number of nitrogens with zero attached hydrogens (tertiary/aromatic N) is 4. The average Bonchev–Trinajstić information content (AvgIpc) is 2.94. The molecule has 0 radical (unpaired) electrons. The van der Waals surface area contributed by atoms with Crippen molar-refractivity contribution in [2.45, 2.75) is 33.4 Å². The van der Waals surface area contributed by atoms with E-state index in [1.54, 1.807) is 44.6 Å². The lowest BCUT2D eigenvalue weighted by Gasteiger charge is -2.16. The van der Waals surface area contributed by atoms with Crippen LogP contribution in [-0.2, 0) is 18.4 Å². The van der Waals surface area contributed by atoms with Gasteiger partial charge in [-0.15, -0.1) is 0 Å². The Bertz CT molecular complexity index is 1050. The molecule has 0 bridgehead atoms. The smallest absolute Gasteiger partial charge is 0.278 e. The molecule has 0 spiro atoms. The van der Waals surface area contributed by atoms with Crippen LogP contribution in [0, 0.1) is 19.7 Å². The van der Waals surface area contributed by atoms with Gasteiger partial charge in [-0.05, 0) is 32.4 Å². The molecule has 3 rings (SSSR count). The summed E-state index contributed by atoms with van der Waals surface area (Å²) in [4.78, 5) is 24.8. The molecule has 1 amide bonds. The zero-order valence-electron chi connectivity index (χ0n) is 15.1. The van der Waals surface area contributed by atoms with E-state index in [4.69, 9.17) is 0 Å². The highest BCUT2D eigenvalue weighted by molar-refractivity contribution is 5.80. The molecule has 8 heteroatoms. The normalized spacial score (nSPS) is 12.3. The molecule has 136 valence electrons. The van der Waals surface area contributed by atoms with Crippen LogP contribution in [0.2, 0.25) is 0 Å². The van der Waals surface area contributed by atoms with Crippen molar-refractivity contribution in [3.8, 4) is 0 Å². The summed E-state index contributed by atoms with van der Waals surface area (Å²) < 4.78 is 16.7. The minimum Gasteiger partial charge on any atom is -0.348 e. The van der Waals surface area contributed by atoms with Crippen molar-refractivity contribution in [1.29, 1.82) is 0 Å². The van der Waals surface area contributed by atoms with Crippen LogP contribution < -0.4 is 10.9 Å². The Balaban J connectivity index is 1.81. The standard InChI is InChI=1S/C18H20FN5O2/c1-10-5-6-13(15(19)7-10)11(2)21-16(25)9-24-18(26)14-8-20-23(4)17(14)12(3)22-24/h5-8,11H,9H2,1-4H3,(H,21,25)/t11-/m0/s1. The Hall–Kier alpha value is -3.03. The highest BCUT2D eigenvalue weighted by Gasteiger charge is 2.17. The summed E-state index contributed by atoms with van der Waals surface area (Å²) in [5.74, 6) is -0.796. The Kier molecular flexibility index (Phi) is 4.58. The highest BCUT2D eigenvalue weighted by atomic mass is 19.1. The second kappa shape index (κ2) is 6.70. The number of hydrogen-bond acceptors (Lipinski definition) is 4. The number of aromatic nitrogens is 4. The summed E-state index contributed by atoms with van der Waals surface area (Å²) in [7, 11) is 1.73. The monoisotopic (exact) mass is 357 g/mol. The number of rotatable bonds is 4. The molecule has 2 heterocycles. The molecule has 1 N–H and O–H groups in total. The molecule has 0 aliphatic heterocycles. The number of nitrogens with one attached hydrogen (secondary N) is 1. The number of amides is 1. The lowest BCUT2D eigenvalue weighted by Crippen LogP contribution is -2.35. The topological polar surface area (TPSA) is 81.8 Å². The Labute approximate surface area is 149 Å². The first-order valence-corrected chi connectivity index (χ1v) is 8.22. The van der Waals surface area contributed by atoms with E-state index in [0.29, 0.717) is 22.2 Å². The first kappa shape index (κ1) is 17.8. The van der Waals surface area contributed by atoms with Crippen LogP contribution in [0.25, 0.3) is 10.9 Å². The maximum atomic E-state index is 14.0. The molecule has 0 unspecified atom stereocenters. The van der Waals surface area contributed by atoms with Gasteiger partial charge in [0.15, 0.2) is 0 Å². The van der Waals surface area contributed by atoms with Gasteiger partial charge in [0, 0.05) is 12.6 Å². The summed E-state index contributed by atoms with van der Waals surface area (Å²) in [5, 5.41) is 11.4. The molecule has 0 fully saturated rings. The number of halogens is 1. The van der Waals surface area contributed by atoms with Gasteiger partial charge >= 0.3 is 0 Å². The predicted octanol–water partition coefficient (Wildman–Crippen LogP) is 1.76. The van der Waals surface area contributed by atoms with Crippen LogP contribution in [0.15, 0.2) is 29.2 Å². The maximum absolute atomic E-state index is 14.0. The zero-order chi connectivity index (χ0) is 19.0. The van der Waals surface area contributed by atoms with Gasteiger partial charge in [-0.2, -0.15) is 10.2 Å². The van der Waals surface area contributed by atoms with Crippen LogP contribution in [0.1, 0.15) is 29.8 Å². The second-order valence-corrected chi connectivity index (χ2v) is 6.39. The van der Waals surface area contributed by atoms with Crippen LogP contribution in [0.4, 0.5) is 4.39 Å². The molecule has 3 aromatic rings. The summed E-state index contributed by atoms with van der Waals surface area (Å²) in [6.07, 6.45) is 1.46. The number of benzene rings is 1. The number of carbonyl (C=O) groups excluding carboxylic acids is 1. The van der Waals surface area contributed by atoms with Crippen molar-refractivity contribution in [3.63, 3.8) is 0 Å². The van der Waals surface area contributed by atoms with Crippen molar-refractivity contribution in [1.82, 2.24) is 24.9 Å². The lowest BCUT2D eigenvalue weighted by molar-refractivity contribution is -0.122. The molecule has 1 atom stereocenters. The van der Waals surface area contributed by atoms with Crippen LogP contribution >= 0.6 is 0 Å². The van der Waals surface area contributed by atoms with E-state index in [2.05, 4.69) is 15.5 Å². The van der Waals surface area contributed by atoms with E-state index < -0.39 is 11.9 Å². The zero-order valence-corrected chi connectivity index (χ0v) is 15.1. The van der Waals surface area contributed by atoms with E-state index in [0.717, 1.165) is 10.2 Å². The summed E-state index contributed by atoms with van der Waals surface area (Å²) in [6, 6.07) is 4.32. The van der Waals surface area contributed by atoms with Gasteiger partial charge < -0.3 is 5.32 Å². The van der Waals surface area contributed by atoms with Crippen molar-refractivity contribution < 1.29 is 9.18 Å². The van der Waals surface area contributed by atoms with Gasteiger partial charge in [-0.25, -0.2) is 9.07 Å². The van der Waals surface area contributed by atoms with Gasteiger partial charge in [0.05, 0.1) is 28.8 Å². The molecule has 0 saturated carbocycles. The number of fused-ring (bicyclic) bond motifs is 1. The van der Waals surface area contributed by atoms with Crippen molar-refractivity contribution >= 4 is 16.8 Å². The molecule has 2 aromatic heterocycles. The predicted molar refractivity (Wildman–Crippen MR) is 95.2 cm³/mol. The van der Waals surface area contributed by atoms with Crippen molar-refractivity contribution in [2.75, 3.05) is 0 Å². The van der Waals surface area contributed by atoms with Crippen LogP contribution in [0.5, 0.6) is 0 Å². The molecule has 0 aliphatic rings. The molecular formula is C18H20FN5O2. The molecule has 0 aliphatic carbocycles. The van der Waals surface area contributed by atoms with Gasteiger partial charge in [0.1, 0.15) is 12.4 Å². The lowest BCUT2D eigenvalue weighted by atomic mass is 10.1. The second-order valence-electron chi connectivity index (χ2n) is 6.39. The molecule has 1 aromatic carbocycles. The van der Waals surface area contributed by atoms with Gasteiger partial charge in [0.2, 0.25) is 5.91 Å². The minimum absolute atomic E-state index is 0.248. The highest BCUT2D eigenvalue weighted by Crippen LogP contribution is 2.18. The van der Waals surface area contributed by atoms with Crippen molar-refractivity contribution in [2.24, 2.45) is 7.05 Å². The number of carbonyl (C=O) groups is 1. The van der Waals surface area contributed by atoms with Crippen LogP contribution in [0.3, 0.4) is 0 Å². The molecule has 7 nitrogen and oxygen atoms in total. The third kappa shape index (κ3) is 3.22. The summed E-state index contributed by atoms with van der Waals surface area (Å²) in [6.45, 7) is 4.99. The summed E-state index contributed by atoms with van der Waals surface area (Å²) in [5.41, 5.74) is 2.05. The largest absolute Gasteiger partial charge is 0.348 e. The SMILES string of the molecule is Cc1ccc([C@H](C)NC(=O)Cn2nc(C)c3c(cnn3C)c2=O)c(F)c1. The van der Waals surface area contributed by atoms with E-state index in [-0.39, 0.29) is 17.9 Å². The van der Waals surface area contributed by atoms with Crippen molar-refractivity contribution in [3.05, 3.63) is 57.4 Å². The van der Waals surface area contributed by atoms with Gasteiger partial charge in [-0.3, -0.25) is 14.3 Å². The fourth-order valence-electron chi connectivity index (χ4n) is 3.03. The van der Waals surface area contributed by atoms with E-state index >= 15 is 0 Å². The fourth-order valence-corrected chi connectivity index (χ4v) is 3.03. The number of aryl methyl sites for hydroxylation is 3. The van der Waals surface area contributed by atoms with Crippen LogP contribution in [-0.4, -0.2) is 25.5 Å². The molecule has 0 saturated heterocycles. The average molecular weight is 357 g/mol. The Morgan fingerprint density at radius 3 is 2.77 bits per heavy atom. The molecule has 26 heavy (non-hydrogen) atoms. The maximum Gasteiger partial charge on any atom is 0.278 e. The first-order valence-electron chi connectivity index (χ1n) is 8.22. The van der Waals surface area contributed by atoms with Gasteiger partial charge in [-0.1, -0.05) is 12.1 Å². The Morgan fingerprint density at radius 2 is 2.08 bits per heavy atom. The minimum atomic E-state index is -0.526. The third-order valence-electron chi connectivity index (χ3n) is 4.31. The van der Waals surface area contributed by atoms with E-state index in [1.807, 2.05) is 0 Å². The first-order chi connectivity index (χ1) is 12.3.